The summed E-state index contributed by atoms with van der Waals surface area (Å²) in [6.07, 6.45) is 1.80. The Morgan fingerprint density at radius 2 is 1.70 bits per heavy atom. The maximum Gasteiger partial charge on any atom is 0.338 e. The average molecular weight is 598 g/mol. The van der Waals surface area contributed by atoms with Crippen LogP contribution in [0.2, 0.25) is 0 Å². The first-order valence-electron chi connectivity index (χ1n) is 14.1. The van der Waals surface area contributed by atoms with E-state index in [1.54, 1.807) is 23.6 Å². The molecule has 0 aliphatic carbocycles. The minimum absolute atomic E-state index is 0.191. The molecule has 1 aliphatic rings. The normalized spacial score (nSPS) is 14.4. The van der Waals surface area contributed by atoms with Crippen molar-refractivity contribution in [3.05, 3.63) is 162 Å². The van der Waals surface area contributed by atoms with Gasteiger partial charge in [0.15, 0.2) is 4.80 Å². The summed E-state index contributed by atoms with van der Waals surface area (Å²) in [7, 11) is 0. The maximum absolute atomic E-state index is 14.1. The lowest BCUT2D eigenvalue weighted by molar-refractivity contribution is -0.138. The van der Waals surface area contributed by atoms with Crippen LogP contribution in [0.15, 0.2) is 125 Å². The van der Waals surface area contributed by atoms with Crippen LogP contribution in [0.3, 0.4) is 0 Å². The molecule has 1 aliphatic heterocycles. The van der Waals surface area contributed by atoms with E-state index in [4.69, 9.17) is 14.5 Å². The number of benzene rings is 4. The van der Waals surface area contributed by atoms with Crippen LogP contribution >= 0.6 is 11.3 Å². The van der Waals surface area contributed by atoms with Crippen LogP contribution in [0.5, 0.6) is 5.75 Å². The molecule has 0 saturated carbocycles. The van der Waals surface area contributed by atoms with Crippen molar-refractivity contribution in [3.63, 3.8) is 0 Å². The van der Waals surface area contributed by atoms with Crippen molar-refractivity contribution in [2.24, 2.45) is 4.99 Å². The number of nitriles is 1. The quantitative estimate of drug-likeness (QED) is 0.224. The van der Waals surface area contributed by atoms with Crippen LogP contribution in [0.1, 0.15) is 40.8 Å². The number of nitrogens with zero attached hydrogens (tertiary/aromatic N) is 3. The summed E-state index contributed by atoms with van der Waals surface area (Å²) in [5.74, 6) is 0.0958. The number of hydrogen-bond donors (Lipinski definition) is 0. The highest BCUT2D eigenvalue weighted by Gasteiger charge is 2.35. The summed E-state index contributed by atoms with van der Waals surface area (Å²) in [6.45, 7) is 2.19. The number of rotatable bonds is 8. The lowest BCUT2D eigenvalue weighted by atomic mass is 9.93. The molecular weight excluding hydrogens is 570 g/mol. The minimum atomic E-state index is -0.723. The molecule has 0 spiro atoms. The molecule has 0 N–H and O–H groups in total. The number of hydrogen-bond acceptors (Lipinski definition) is 7. The number of thiazole rings is 1. The van der Waals surface area contributed by atoms with Crippen molar-refractivity contribution in [1.82, 2.24) is 4.57 Å². The van der Waals surface area contributed by atoms with E-state index < -0.39 is 12.0 Å². The molecule has 7 nitrogen and oxygen atoms in total. The second kappa shape index (κ2) is 12.8. The Kier molecular flexibility index (Phi) is 8.30. The Morgan fingerprint density at radius 1 is 0.977 bits per heavy atom. The third kappa shape index (κ3) is 5.74. The van der Waals surface area contributed by atoms with Gasteiger partial charge >= 0.3 is 5.97 Å². The summed E-state index contributed by atoms with van der Waals surface area (Å²) < 4.78 is 13.6. The number of esters is 1. The number of carbonyl (C=O) groups excluding carboxylic acids is 1. The van der Waals surface area contributed by atoms with Gasteiger partial charge in [-0.05, 0) is 42.3 Å². The van der Waals surface area contributed by atoms with E-state index in [0.717, 1.165) is 22.3 Å². The fraction of sp³-hybridized carbons (Fsp3) is 0.111. The smallest absolute Gasteiger partial charge is 0.338 e. The lowest BCUT2D eigenvalue weighted by Crippen LogP contribution is -2.39. The molecule has 6 rings (SSSR count). The first kappa shape index (κ1) is 28.6. The Balaban J connectivity index is 1.46. The van der Waals surface area contributed by atoms with Crippen LogP contribution in [0.25, 0.3) is 11.8 Å². The third-order valence-corrected chi connectivity index (χ3v) is 8.16. The minimum Gasteiger partial charge on any atom is -0.489 e. The van der Waals surface area contributed by atoms with Crippen LogP contribution in [0, 0.1) is 11.3 Å². The van der Waals surface area contributed by atoms with Crippen molar-refractivity contribution < 1.29 is 14.3 Å². The summed E-state index contributed by atoms with van der Waals surface area (Å²) in [5, 5.41) is 9.39. The zero-order valence-corrected chi connectivity index (χ0v) is 24.7. The third-order valence-electron chi connectivity index (χ3n) is 7.18. The fourth-order valence-corrected chi connectivity index (χ4v) is 6.15. The topological polar surface area (TPSA) is 93.7 Å². The number of aromatic nitrogens is 1. The van der Waals surface area contributed by atoms with Gasteiger partial charge in [-0.1, -0.05) is 102 Å². The molecule has 0 saturated heterocycles. The van der Waals surface area contributed by atoms with Gasteiger partial charge < -0.3 is 9.47 Å². The predicted molar refractivity (Wildman–Crippen MR) is 169 cm³/mol. The van der Waals surface area contributed by atoms with Crippen molar-refractivity contribution >= 4 is 29.1 Å². The van der Waals surface area contributed by atoms with E-state index in [1.807, 2.05) is 103 Å². The average Bonchev–Trinajstić information content (AvgIpc) is 3.38. The van der Waals surface area contributed by atoms with Crippen LogP contribution in [-0.2, 0) is 16.1 Å². The largest absolute Gasteiger partial charge is 0.489 e. The molecule has 5 aromatic rings. The zero-order chi connectivity index (χ0) is 30.5. The first-order chi connectivity index (χ1) is 21.6. The van der Waals surface area contributed by atoms with E-state index in [1.165, 1.54) is 11.3 Å². The number of fused-ring (bicyclic) bond motifs is 1. The van der Waals surface area contributed by atoms with Gasteiger partial charge in [-0.3, -0.25) is 9.36 Å². The van der Waals surface area contributed by atoms with Crippen molar-refractivity contribution in [1.29, 1.82) is 5.26 Å². The van der Waals surface area contributed by atoms with E-state index in [2.05, 4.69) is 6.07 Å². The number of ether oxygens (including phenoxy) is 2. The summed E-state index contributed by atoms with van der Waals surface area (Å²) in [5.41, 5.74) is 4.21. The highest BCUT2D eigenvalue weighted by molar-refractivity contribution is 7.07. The van der Waals surface area contributed by atoms with Gasteiger partial charge in [-0.2, -0.15) is 5.26 Å². The molecule has 1 atom stereocenters. The van der Waals surface area contributed by atoms with E-state index in [9.17, 15) is 14.9 Å². The summed E-state index contributed by atoms with van der Waals surface area (Å²) >= 11 is 1.27. The molecule has 4 aromatic carbocycles. The molecule has 0 unspecified atom stereocenters. The fourth-order valence-electron chi connectivity index (χ4n) is 5.15. The molecule has 0 bridgehead atoms. The van der Waals surface area contributed by atoms with Gasteiger partial charge in [0.2, 0.25) is 0 Å². The zero-order valence-electron chi connectivity index (χ0n) is 23.8. The molecule has 0 fully saturated rings. The van der Waals surface area contributed by atoms with Crippen molar-refractivity contribution in [3.8, 4) is 11.8 Å². The van der Waals surface area contributed by atoms with Gasteiger partial charge in [0.05, 0.1) is 40.1 Å². The molecule has 1 aromatic heterocycles. The predicted octanol–water partition coefficient (Wildman–Crippen LogP) is 5.39. The standard InChI is InChI=1S/C36H27N3O4S/c1-2-42-35(41)31-32(25-13-5-3-6-14-25)38-36-39(33(31)26-15-7-4-8-16-26)34(40)30(44-36)21-24-12-11-19-29(20-24)43-23-28-18-10-9-17-27(28)22-37/h3-21,33H,2,23H2,1H3/b30-21-/t33-/m1/s1. The first-order valence-corrected chi connectivity index (χ1v) is 14.9. The van der Waals surface area contributed by atoms with Crippen LogP contribution in [0.4, 0.5) is 0 Å². The Labute approximate surface area is 257 Å². The van der Waals surface area contributed by atoms with Crippen LogP contribution < -0.4 is 19.6 Å². The van der Waals surface area contributed by atoms with Gasteiger partial charge in [0.25, 0.3) is 5.56 Å². The summed E-state index contributed by atoms with van der Waals surface area (Å²) in [4.78, 5) is 33.0. The van der Waals surface area contributed by atoms with E-state index >= 15 is 0 Å². The molecule has 44 heavy (non-hydrogen) atoms. The lowest BCUT2D eigenvalue weighted by Gasteiger charge is -2.25. The van der Waals surface area contributed by atoms with Gasteiger partial charge in [-0.25, -0.2) is 9.79 Å². The van der Waals surface area contributed by atoms with E-state index in [-0.39, 0.29) is 18.8 Å². The Morgan fingerprint density at radius 3 is 2.45 bits per heavy atom. The molecule has 0 amide bonds. The molecule has 2 heterocycles. The van der Waals surface area contributed by atoms with Gasteiger partial charge in [-0.15, -0.1) is 0 Å². The molecule has 8 heteroatoms. The van der Waals surface area contributed by atoms with Gasteiger partial charge in [0, 0.05) is 11.1 Å². The second-order valence-electron chi connectivity index (χ2n) is 9.97. The van der Waals surface area contributed by atoms with Gasteiger partial charge in [0.1, 0.15) is 12.4 Å². The molecular formula is C36H27N3O4S. The molecule has 0 radical (unpaired) electrons. The Bertz CT molecular complexity index is 2090. The highest BCUT2D eigenvalue weighted by atomic mass is 32.1. The SMILES string of the molecule is CCOC(=O)C1=C(c2ccccc2)N=c2s/c(=C\c3cccc(OCc4ccccc4C#N)c3)c(=O)n2[C@@H]1c1ccccc1. The van der Waals surface area contributed by atoms with E-state index in [0.29, 0.717) is 31.9 Å². The second-order valence-corrected chi connectivity index (χ2v) is 11.0. The summed E-state index contributed by atoms with van der Waals surface area (Å²) in [6, 6.07) is 35.2. The Hall–Kier alpha value is -5.52. The molecule has 216 valence electrons. The highest BCUT2D eigenvalue weighted by Crippen LogP contribution is 2.35. The van der Waals surface area contributed by atoms with Crippen molar-refractivity contribution in [2.45, 2.75) is 19.6 Å². The maximum atomic E-state index is 14.1. The van der Waals surface area contributed by atoms with Crippen molar-refractivity contribution in [2.75, 3.05) is 6.61 Å². The number of carbonyl (C=O) groups is 1. The monoisotopic (exact) mass is 597 g/mol. The van der Waals surface area contributed by atoms with Crippen LogP contribution in [-0.4, -0.2) is 17.1 Å².